The van der Waals surface area contributed by atoms with E-state index in [9.17, 15) is 15.2 Å². The highest BCUT2D eigenvalue weighted by Gasteiger charge is 2.49. The van der Waals surface area contributed by atoms with Crippen molar-refractivity contribution in [1.82, 2.24) is 14.9 Å². The van der Waals surface area contributed by atoms with E-state index in [1.54, 1.807) is 6.20 Å². The fraction of sp³-hybridized carbons (Fsp3) is 0.667. The van der Waals surface area contributed by atoms with Crippen LogP contribution >= 0.6 is 0 Å². The first-order chi connectivity index (χ1) is 12.1. The number of nitrogens with zero attached hydrogens (tertiary/aromatic N) is 5. The van der Waals surface area contributed by atoms with E-state index < -0.39 is 11.5 Å². The van der Waals surface area contributed by atoms with E-state index in [0.29, 0.717) is 56.3 Å². The molecule has 4 rings (SSSR count). The van der Waals surface area contributed by atoms with Crippen molar-refractivity contribution in [3.63, 3.8) is 0 Å². The normalized spacial score (nSPS) is 25.9. The summed E-state index contributed by atoms with van der Waals surface area (Å²) >= 11 is 0. The summed E-state index contributed by atoms with van der Waals surface area (Å²) in [5.74, 6) is 1.44. The molecule has 0 bridgehead atoms. The molecule has 7 heteroatoms. The van der Waals surface area contributed by atoms with Gasteiger partial charge in [-0.3, -0.25) is 4.79 Å². The highest BCUT2D eigenvalue weighted by molar-refractivity contribution is 5.84. The average Bonchev–Trinajstić information content (AvgIpc) is 3.44. The Labute approximate surface area is 147 Å². The van der Waals surface area contributed by atoms with Gasteiger partial charge >= 0.3 is 0 Å². The van der Waals surface area contributed by atoms with E-state index in [1.165, 1.54) is 19.0 Å². The fourth-order valence-electron chi connectivity index (χ4n) is 4.25. The number of likely N-dealkylation sites (tertiary alicyclic amines) is 1. The summed E-state index contributed by atoms with van der Waals surface area (Å²) in [4.78, 5) is 25.4. The monoisotopic (exact) mass is 341 g/mol. The zero-order chi connectivity index (χ0) is 17.4. The molecule has 1 aromatic rings. The fourth-order valence-corrected chi connectivity index (χ4v) is 4.25. The molecule has 0 radical (unpaired) electrons. The number of carbonyl (C=O) groups is 1. The van der Waals surface area contributed by atoms with E-state index in [1.807, 2.05) is 9.80 Å². The maximum Gasteiger partial charge on any atom is 0.229 e. The maximum absolute atomic E-state index is 13.1. The van der Waals surface area contributed by atoms with Crippen LogP contribution in [0.2, 0.25) is 0 Å². The molecule has 0 aromatic carbocycles. The van der Waals surface area contributed by atoms with Crippen molar-refractivity contribution in [3.05, 3.63) is 18.1 Å². The molecule has 1 atom stereocenters. The third-order valence-electron chi connectivity index (χ3n) is 5.78. The molecule has 3 aliphatic rings. The molecule has 7 nitrogen and oxygen atoms in total. The van der Waals surface area contributed by atoms with Gasteiger partial charge in [0, 0.05) is 38.6 Å². The van der Waals surface area contributed by atoms with Crippen LogP contribution in [0, 0.1) is 22.7 Å². The smallest absolute Gasteiger partial charge is 0.229 e. The number of nitriles is 1. The van der Waals surface area contributed by atoms with Gasteiger partial charge in [0.05, 0.1) is 11.5 Å². The van der Waals surface area contributed by atoms with Crippen molar-refractivity contribution in [2.24, 2.45) is 11.3 Å². The summed E-state index contributed by atoms with van der Waals surface area (Å²) in [6, 6.07) is 2.08. The molecule has 1 N–H and O–H groups in total. The van der Waals surface area contributed by atoms with Gasteiger partial charge in [-0.2, -0.15) is 5.26 Å². The first-order valence-corrected chi connectivity index (χ1v) is 9.05. The number of anilines is 1. The minimum Gasteiger partial charge on any atom is -0.391 e. The van der Waals surface area contributed by atoms with Crippen LogP contribution in [0.25, 0.3) is 0 Å². The van der Waals surface area contributed by atoms with E-state index in [2.05, 4.69) is 16.0 Å². The Bertz CT molecular complexity index is 702. The Balaban J connectivity index is 1.49. The number of hydrogen-bond donors (Lipinski definition) is 1. The number of β-amino-alcohol motifs (C(OH)–C–C–N with tert-alkyl or cyclic N) is 1. The van der Waals surface area contributed by atoms with E-state index in [4.69, 9.17) is 0 Å². The second-order valence-corrected chi connectivity index (χ2v) is 7.62. The first-order valence-electron chi connectivity index (χ1n) is 9.05. The third kappa shape index (κ3) is 3.07. The molecule has 2 aliphatic heterocycles. The Morgan fingerprint density at radius 2 is 2.00 bits per heavy atom. The van der Waals surface area contributed by atoms with E-state index in [0.717, 1.165) is 6.54 Å². The highest BCUT2D eigenvalue weighted by atomic mass is 16.3. The van der Waals surface area contributed by atoms with Crippen LogP contribution in [0.4, 0.5) is 5.82 Å². The number of aromatic nitrogens is 2. The Morgan fingerprint density at radius 1 is 1.28 bits per heavy atom. The van der Waals surface area contributed by atoms with Crippen molar-refractivity contribution in [2.45, 2.75) is 38.2 Å². The molecule has 1 aromatic heterocycles. The van der Waals surface area contributed by atoms with Crippen LogP contribution < -0.4 is 4.90 Å². The lowest BCUT2D eigenvalue weighted by atomic mass is 9.70. The SMILES string of the molecule is N#Cc1nccnc1N1CCC2(CC1)CC(O)CN(CC1CC1)C2=O. The highest BCUT2D eigenvalue weighted by Crippen LogP contribution is 2.43. The van der Waals surface area contributed by atoms with E-state index in [-0.39, 0.29) is 5.91 Å². The Morgan fingerprint density at radius 3 is 2.68 bits per heavy atom. The predicted octanol–water partition coefficient (Wildman–Crippen LogP) is 0.938. The van der Waals surface area contributed by atoms with Gasteiger partial charge in [0.25, 0.3) is 0 Å². The topological polar surface area (TPSA) is 93.3 Å². The Kier molecular flexibility index (Phi) is 4.08. The van der Waals surface area contributed by atoms with Crippen molar-refractivity contribution in [1.29, 1.82) is 5.26 Å². The second kappa shape index (κ2) is 6.26. The van der Waals surface area contributed by atoms with Crippen molar-refractivity contribution >= 4 is 11.7 Å². The number of rotatable bonds is 3. The summed E-state index contributed by atoms with van der Waals surface area (Å²) in [6.45, 7) is 2.58. The molecule has 25 heavy (non-hydrogen) atoms. The zero-order valence-corrected chi connectivity index (χ0v) is 14.3. The number of carbonyl (C=O) groups excluding carboxylic acids is 1. The van der Waals surface area contributed by atoms with Crippen LogP contribution in [-0.2, 0) is 4.79 Å². The summed E-state index contributed by atoms with van der Waals surface area (Å²) in [5, 5.41) is 19.6. The van der Waals surface area contributed by atoms with Gasteiger partial charge in [0.2, 0.25) is 5.91 Å². The number of hydrogen-bond acceptors (Lipinski definition) is 6. The molecule has 1 aliphatic carbocycles. The van der Waals surface area contributed by atoms with Gasteiger partial charge in [0.1, 0.15) is 6.07 Å². The minimum absolute atomic E-state index is 0.212. The molecule has 132 valence electrons. The van der Waals surface area contributed by atoms with Gasteiger partial charge in [-0.15, -0.1) is 0 Å². The predicted molar refractivity (Wildman–Crippen MR) is 90.6 cm³/mol. The third-order valence-corrected chi connectivity index (χ3v) is 5.78. The van der Waals surface area contributed by atoms with Crippen molar-refractivity contribution in [3.8, 4) is 6.07 Å². The molecule has 3 fully saturated rings. The van der Waals surface area contributed by atoms with E-state index >= 15 is 0 Å². The molecule has 1 amide bonds. The molecule has 1 spiro atoms. The molecule has 2 saturated heterocycles. The zero-order valence-electron chi connectivity index (χ0n) is 14.3. The number of piperidine rings is 2. The van der Waals surface area contributed by atoms with Gasteiger partial charge in [-0.25, -0.2) is 9.97 Å². The van der Waals surface area contributed by atoms with Crippen molar-refractivity contribution in [2.75, 3.05) is 31.1 Å². The molecule has 1 saturated carbocycles. The van der Waals surface area contributed by atoms with Crippen molar-refractivity contribution < 1.29 is 9.90 Å². The lowest BCUT2D eigenvalue weighted by molar-refractivity contribution is -0.154. The molecule has 1 unspecified atom stereocenters. The standard InChI is InChI=1S/C18H23N5O2/c19-10-15-16(21-6-5-20-15)22-7-3-18(4-8-22)9-14(24)12-23(17(18)25)11-13-1-2-13/h5-6,13-14,24H,1-4,7-9,11-12H2. The summed E-state index contributed by atoms with van der Waals surface area (Å²) < 4.78 is 0. The van der Waals surface area contributed by atoms with Gasteiger partial charge in [-0.05, 0) is 38.0 Å². The van der Waals surface area contributed by atoms with Gasteiger partial charge in [-0.1, -0.05) is 0 Å². The van der Waals surface area contributed by atoms with Gasteiger partial charge < -0.3 is 14.9 Å². The van der Waals surface area contributed by atoms with Crippen LogP contribution in [0.3, 0.4) is 0 Å². The second-order valence-electron chi connectivity index (χ2n) is 7.62. The summed E-state index contributed by atoms with van der Waals surface area (Å²) in [5.41, 5.74) is -0.137. The minimum atomic E-state index is -0.460. The van der Waals surface area contributed by atoms with Crippen LogP contribution in [0.1, 0.15) is 37.8 Å². The van der Waals surface area contributed by atoms with Gasteiger partial charge in [0.15, 0.2) is 11.5 Å². The maximum atomic E-state index is 13.1. The summed E-state index contributed by atoms with van der Waals surface area (Å²) in [7, 11) is 0. The lowest BCUT2D eigenvalue weighted by Crippen LogP contribution is -2.58. The van der Waals surface area contributed by atoms with Crippen LogP contribution in [0.5, 0.6) is 0 Å². The molecule has 3 heterocycles. The number of aliphatic hydroxyl groups excluding tert-OH is 1. The molecular weight excluding hydrogens is 318 g/mol. The quantitative estimate of drug-likeness (QED) is 0.879. The first kappa shape index (κ1) is 16.3. The lowest BCUT2D eigenvalue weighted by Gasteiger charge is -2.48. The largest absolute Gasteiger partial charge is 0.391 e. The molecular formula is C18H23N5O2. The Hall–Kier alpha value is -2.20. The van der Waals surface area contributed by atoms with Crippen LogP contribution in [-0.4, -0.2) is 58.2 Å². The number of amides is 1. The van der Waals surface area contributed by atoms with Crippen LogP contribution in [0.15, 0.2) is 12.4 Å². The average molecular weight is 341 g/mol. The number of aliphatic hydroxyl groups is 1. The summed E-state index contributed by atoms with van der Waals surface area (Å²) in [6.07, 6.45) is 6.99.